The molecular weight excluding hydrogens is 324 g/mol. The van der Waals surface area contributed by atoms with Gasteiger partial charge in [-0.1, -0.05) is 29.8 Å². The molecule has 3 aromatic rings. The van der Waals surface area contributed by atoms with E-state index in [1.807, 2.05) is 12.1 Å². The van der Waals surface area contributed by atoms with Crippen LogP contribution in [0.4, 0.5) is 0 Å². The number of aromatic nitrogens is 1. The molecule has 1 aromatic heterocycles. The maximum absolute atomic E-state index is 5.72. The van der Waals surface area contributed by atoms with Gasteiger partial charge in [0.25, 0.3) is 0 Å². The van der Waals surface area contributed by atoms with Gasteiger partial charge in [-0.05, 0) is 56.1 Å². The van der Waals surface area contributed by atoms with E-state index in [1.165, 1.54) is 24.0 Å². The van der Waals surface area contributed by atoms with Crippen molar-refractivity contribution in [3.05, 3.63) is 71.6 Å². The molecule has 0 amide bonds. The second-order valence-electron chi connectivity index (χ2n) is 6.91. The molecule has 0 aliphatic carbocycles. The Morgan fingerprint density at radius 2 is 1.88 bits per heavy atom. The van der Waals surface area contributed by atoms with Crippen LogP contribution in [0.2, 0.25) is 0 Å². The van der Waals surface area contributed by atoms with E-state index in [0.717, 1.165) is 30.1 Å². The first kappa shape index (κ1) is 16.9. The van der Waals surface area contributed by atoms with Crippen molar-refractivity contribution in [3.63, 3.8) is 0 Å². The summed E-state index contributed by atoms with van der Waals surface area (Å²) in [6.45, 7) is 3.98. The van der Waals surface area contributed by atoms with Gasteiger partial charge in [0.2, 0.25) is 5.89 Å². The predicted molar refractivity (Wildman–Crippen MR) is 102 cm³/mol. The quantitative estimate of drug-likeness (QED) is 0.651. The van der Waals surface area contributed by atoms with E-state index >= 15 is 0 Å². The fraction of sp³-hybridized carbons (Fsp3) is 0.318. The molecule has 0 saturated carbocycles. The number of hydrogen-bond donors (Lipinski definition) is 0. The molecule has 0 radical (unpaired) electrons. The Labute approximate surface area is 154 Å². The molecule has 1 fully saturated rings. The van der Waals surface area contributed by atoms with E-state index in [1.54, 1.807) is 13.4 Å². The molecule has 26 heavy (non-hydrogen) atoms. The fourth-order valence-corrected chi connectivity index (χ4v) is 3.64. The van der Waals surface area contributed by atoms with E-state index in [2.05, 4.69) is 48.2 Å². The summed E-state index contributed by atoms with van der Waals surface area (Å²) in [7, 11) is 1.70. The summed E-state index contributed by atoms with van der Waals surface area (Å²) in [5, 5.41) is 0. The van der Waals surface area contributed by atoms with Crippen molar-refractivity contribution in [2.75, 3.05) is 13.7 Å². The second kappa shape index (κ2) is 7.34. The Kier molecular flexibility index (Phi) is 4.76. The number of rotatable bonds is 5. The minimum absolute atomic E-state index is 0.431. The lowest BCUT2D eigenvalue weighted by atomic mass is 10.0. The molecule has 0 N–H and O–H groups in total. The molecule has 0 unspecified atom stereocenters. The minimum Gasteiger partial charge on any atom is -0.497 e. The van der Waals surface area contributed by atoms with Gasteiger partial charge in [0, 0.05) is 18.2 Å². The van der Waals surface area contributed by atoms with Gasteiger partial charge in [0.15, 0.2) is 0 Å². The van der Waals surface area contributed by atoms with Gasteiger partial charge in [-0.15, -0.1) is 0 Å². The van der Waals surface area contributed by atoms with Gasteiger partial charge < -0.3 is 9.15 Å². The van der Waals surface area contributed by atoms with Crippen LogP contribution in [0.5, 0.6) is 5.75 Å². The van der Waals surface area contributed by atoms with Crippen molar-refractivity contribution in [1.29, 1.82) is 0 Å². The molecule has 1 aliphatic heterocycles. The van der Waals surface area contributed by atoms with Gasteiger partial charge in [0.1, 0.15) is 12.0 Å². The lowest BCUT2D eigenvalue weighted by Gasteiger charge is -2.23. The normalized spacial score (nSPS) is 17.5. The topological polar surface area (TPSA) is 38.5 Å². The Morgan fingerprint density at radius 3 is 2.62 bits per heavy atom. The van der Waals surface area contributed by atoms with Crippen LogP contribution in [-0.4, -0.2) is 23.5 Å². The zero-order valence-electron chi connectivity index (χ0n) is 15.3. The molecule has 2 heterocycles. The van der Waals surface area contributed by atoms with Crippen molar-refractivity contribution < 1.29 is 9.15 Å². The largest absolute Gasteiger partial charge is 0.497 e. The molecule has 0 bridgehead atoms. The SMILES string of the molecule is COc1ccc([C@H]2CCCN2Cc2coc(-c3ccc(C)cc3)n2)cc1. The molecule has 1 aliphatic rings. The van der Waals surface area contributed by atoms with Crippen LogP contribution < -0.4 is 4.74 Å². The van der Waals surface area contributed by atoms with Crippen LogP contribution in [-0.2, 0) is 6.54 Å². The van der Waals surface area contributed by atoms with Gasteiger partial charge in [-0.2, -0.15) is 0 Å². The number of ether oxygens (including phenoxy) is 1. The number of hydrogen-bond acceptors (Lipinski definition) is 4. The van der Waals surface area contributed by atoms with E-state index in [9.17, 15) is 0 Å². The van der Waals surface area contributed by atoms with E-state index in [0.29, 0.717) is 11.9 Å². The Hall–Kier alpha value is -2.59. The van der Waals surface area contributed by atoms with Gasteiger partial charge in [0.05, 0.1) is 12.8 Å². The Balaban J connectivity index is 1.48. The Bertz CT molecular complexity index is 853. The highest BCUT2D eigenvalue weighted by Gasteiger charge is 2.26. The fourth-order valence-electron chi connectivity index (χ4n) is 3.64. The maximum Gasteiger partial charge on any atom is 0.226 e. The van der Waals surface area contributed by atoms with Gasteiger partial charge >= 0.3 is 0 Å². The molecule has 4 rings (SSSR count). The lowest BCUT2D eigenvalue weighted by Crippen LogP contribution is -2.22. The number of oxazole rings is 1. The summed E-state index contributed by atoms with van der Waals surface area (Å²) in [5.74, 6) is 1.60. The number of benzene rings is 2. The summed E-state index contributed by atoms with van der Waals surface area (Å²) in [6, 6.07) is 17.1. The first-order valence-electron chi connectivity index (χ1n) is 9.12. The average molecular weight is 348 g/mol. The van der Waals surface area contributed by atoms with Gasteiger partial charge in [-0.3, -0.25) is 4.90 Å². The van der Waals surface area contributed by atoms with Crippen molar-refractivity contribution in [1.82, 2.24) is 9.88 Å². The van der Waals surface area contributed by atoms with Crippen molar-refractivity contribution in [2.45, 2.75) is 32.4 Å². The molecular formula is C22H24N2O2. The summed E-state index contributed by atoms with van der Waals surface area (Å²) < 4.78 is 11.0. The van der Waals surface area contributed by atoms with E-state index < -0.39 is 0 Å². The van der Waals surface area contributed by atoms with E-state index in [-0.39, 0.29) is 0 Å². The number of aryl methyl sites for hydroxylation is 1. The average Bonchev–Trinajstić information content (AvgIpc) is 3.33. The standard InChI is InChI=1S/C22H24N2O2/c1-16-5-7-18(8-6-16)22-23-19(15-26-22)14-24-13-3-4-21(24)17-9-11-20(25-2)12-10-17/h5-12,15,21H,3-4,13-14H2,1-2H3/t21-/m1/s1. The third-order valence-electron chi connectivity index (χ3n) is 5.08. The summed E-state index contributed by atoms with van der Waals surface area (Å²) in [6.07, 6.45) is 4.17. The minimum atomic E-state index is 0.431. The smallest absolute Gasteiger partial charge is 0.226 e. The van der Waals surface area contributed by atoms with Crippen LogP contribution in [0.15, 0.2) is 59.2 Å². The first-order chi connectivity index (χ1) is 12.7. The molecule has 134 valence electrons. The molecule has 4 heteroatoms. The monoisotopic (exact) mass is 348 g/mol. The highest BCUT2D eigenvalue weighted by Crippen LogP contribution is 2.34. The zero-order valence-corrected chi connectivity index (χ0v) is 15.3. The van der Waals surface area contributed by atoms with Crippen LogP contribution in [0.3, 0.4) is 0 Å². The number of nitrogens with zero attached hydrogens (tertiary/aromatic N) is 2. The van der Waals surface area contributed by atoms with Crippen molar-refractivity contribution in [3.8, 4) is 17.2 Å². The summed E-state index contributed by atoms with van der Waals surface area (Å²) >= 11 is 0. The third kappa shape index (κ3) is 3.51. The van der Waals surface area contributed by atoms with Gasteiger partial charge in [-0.25, -0.2) is 4.98 Å². The second-order valence-corrected chi connectivity index (χ2v) is 6.91. The zero-order chi connectivity index (χ0) is 17.9. The third-order valence-corrected chi connectivity index (χ3v) is 5.08. The predicted octanol–water partition coefficient (Wildman–Crippen LogP) is 5.00. The van der Waals surface area contributed by atoms with Crippen molar-refractivity contribution >= 4 is 0 Å². The van der Waals surface area contributed by atoms with Crippen molar-refractivity contribution in [2.24, 2.45) is 0 Å². The van der Waals surface area contributed by atoms with Crippen LogP contribution in [0.1, 0.15) is 35.7 Å². The molecule has 0 spiro atoms. The highest BCUT2D eigenvalue weighted by molar-refractivity contribution is 5.53. The lowest BCUT2D eigenvalue weighted by molar-refractivity contribution is 0.245. The first-order valence-corrected chi connectivity index (χ1v) is 9.12. The van der Waals surface area contributed by atoms with Crippen LogP contribution in [0, 0.1) is 6.92 Å². The number of methoxy groups -OCH3 is 1. The highest BCUT2D eigenvalue weighted by atomic mass is 16.5. The maximum atomic E-state index is 5.72. The molecule has 1 atom stereocenters. The Morgan fingerprint density at radius 1 is 1.12 bits per heavy atom. The molecule has 2 aromatic carbocycles. The van der Waals surface area contributed by atoms with Crippen LogP contribution in [0.25, 0.3) is 11.5 Å². The number of likely N-dealkylation sites (tertiary alicyclic amines) is 1. The molecule has 1 saturated heterocycles. The summed E-state index contributed by atoms with van der Waals surface area (Å²) in [5.41, 5.74) is 4.58. The van der Waals surface area contributed by atoms with E-state index in [4.69, 9.17) is 14.1 Å². The molecule has 4 nitrogen and oxygen atoms in total. The summed E-state index contributed by atoms with van der Waals surface area (Å²) in [4.78, 5) is 7.19. The van der Waals surface area contributed by atoms with Crippen LogP contribution >= 0.6 is 0 Å².